The number of esters is 1. The molecule has 0 aromatic heterocycles. The summed E-state index contributed by atoms with van der Waals surface area (Å²) in [6, 6.07) is 4.67. The maximum absolute atomic E-state index is 12.0. The van der Waals surface area contributed by atoms with Gasteiger partial charge in [0.25, 0.3) is 5.69 Å². The summed E-state index contributed by atoms with van der Waals surface area (Å²) in [7, 11) is 1.20. The molecule has 24 heavy (non-hydrogen) atoms. The van der Waals surface area contributed by atoms with Gasteiger partial charge in [-0.05, 0) is 17.9 Å². The third-order valence-corrected chi connectivity index (χ3v) is 3.39. The molecule has 0 saturated carbocycles. The van der Waals surface area contributed by atoms with Crippen LogP contribution in [-0.4, -0.2) is 41.2 Å². The van der Waals surface area contributed by atoms with Gasteiger partial charge in [0.15, 0.2) is 0 Å². The van der Waals surface area contributed by atoms with Crippen LogP contribution in [0.1, 0.15) is 25.8 Å². The second kappa shape index (κ2) is 8.97. The van der Waals surface area contributed by atoms with E-state index in [1.54, 1.807) is 0 Å². The van der Waals surface area contributed by atoms with Crippen molar-refractivity contribution >= 4 is 17.6 Å². The Balaban J connectivity index is 2.80. The smallest absolute Gasteiger partial charge is 0.328 e. The number of aliphatic hydroxyl groups is 1. The number of carbonyl (C=O) groups excluding carboxylic acids is 2. The summed E-state index contributed by atoms with van der Waals surface area (Å²) >= 11 is 0. The van der Waals surface area contributed by atoms with Crippen molar-refractivity contribution in [3.63, 3.8) is 0 Å². The van der Waals surface area contributed by atoms with Crippen molar-refractivity contribution in [1.82, 2.24) is 5.32 Å². The van der Waals surface area contributed by atoms with Gasteiger partial charge in [0.2, 0.25) is 5.91 Å². The average Bonchev–Trinajstić information content (AvgIpc) is 2.53. The number of nitro benzene ring substituents is 1. The second-order valence-electron chi connectivity index (χ2n) is 5.86. The molecule has 1 rings (SSSR count). The van der Waals surface area contributed by atoms with Crippen molar-refractivity contribution in [3.05, 3.63) is 39.9 Å². The van der Waals surface area contributed by atoms with Gasteiger partial charge in [-0.1, -0.05) is 26.0 Å². The van der Waals surface area contributed by atoms with Gasteiger partial charge in [-0.25, -0.2) is 4.79 Å². The molecule has 1 aromatic rings. The Labute approximate surface area is 140 Å². The van der Waals surface area contributed by atoms with Crippen molar-refractivity contribution in [2.24, 2.45) is 5.92 Å². The maximum Gasteiger partial charge on any atom is 0.328 e. The SMILES string of the molecule is COC(=O)[C@H](Cc1ccc([N+](=O)[O-])cc1)NC(=O)[C@H](O)CC(C)C. The highest BCUT2D eigenvalue weighted by molar-refractivity contribution is 5.87. The number of aliphatic hydroxyl groups excluding tert-OH is 1. The Kier molecular flexibility index (Phi) is 7.31. The van der Waals surface area contributed by atoms with Gasteiger partial charge in [0.1, 0.15) is 12.1 Å². The Morgan fingerprint density at radius 3 is 2.33 bits per heavy atom. The zero-order valence-electron chi connectivity index (χ0n) is 13.9. The van der Waals surface area contributed by atoms with Gasteiger partial charge in [0.05, 0.1) is 12.0 Å². The fraction of sp³-hybridized carbons (Fsp3) is 0.500. The summed E-state index contributed by atoms with van der Waals surface area (Å²) in [5.74, 6) is -1.18. The second-order valence-corrected chi connectivity index (χ2v) is 5.86. The van der Waals surface area contributed by atoms with Crippen molar-refractivity contribution in [1.29, 1.82) is 0 Å². The molecule has 0 heterocycles. The predicted molar refractivity (Wildman–Crippen MR) is 86.2 cm³/mol. The quantitative estimate of drug-likeness (QED) is 0.418. The molecular weight excluding hydrogens is 316 g/mol. The minimum absolute atomic E-state index is 0.0650. The topological polar surface area (TPSA) is 119 Å². The molecule has 0 fully saturated rings. The number of nitrogens with zero attached hydrogens (tertiary/aromatic N) is 1. The van der Waals surface area contributed by atoms with Crippen LogP contribution in [0.25, 0.3) is 0 Å². The first-order valence-electron chi connectivity index (χ1n) is 7.54. The van der Waals surface area contributed by atoms with E-state index in [-0.39, 0.29) is 24.4 Å². The monoisotopic (exact) mass is 338 g/mol. The van der Waals surface area contributed by atoms with E-state index in [9.17, 15) is 24.8 Å². The van der Waals surface area contributed by atoms with Crippen LogP contribution in [-0.2, 0) is 20.7 Å². The molecule has 2 atom stereocenters. The number of amides is 1. The first-order chi connectivity index (χ1) is 11.2. The van der Waals surface area contributed by atoms with Crippen LogP contribution in [0.3, 0.4) is 0 Å². The van der Waals surface area contributed by atoms with Crippen LogP contribution in [0.2, 0.25) is 0 Å². The summed E-state index contributed by atoms with van der Waals surface area (Å²) in [5.41, 5.74) is 0.555. The van der Waals surface area contributed by atoms with E-state index in [4.69, 9.17) is 0 Å². The number of methoxy groups -OCH3 is 1. The van der Waals surface area contributed by atoms with Gasteiger partial charge >= 0.3 is 5.97 Å². The van der Waals surface area contributed by atoms with Gasteiger partial charge < -0.3 is 15.2 Å². The molecule has 0 radical (unpaired) electrons. The molecule has 0 unspecified atom stereocenters. The fourth-order valence-electron chi connectivity index (χ4n) is 2.15. The largest absolute Gasteiger partial charge is 0.467 e. The third-order valence-electron chi connectivity index (χ3n) is 3.39. The van der Waals surface area contributed by atoms with Crippen LogP contribution in [0, 0.1) is 16.0 Å². The summed E-state index contributed by atoms with van der Waals surface area (Å²) in [6.07, 6.45) is -0.837. The van der Waals surface area contributed by atoms with Crippen molar-refractivity contribution in [3.8, 4) is 0 Å². The minimum Gasteiger partial charge on any atom is -0.467 e. The van der Waals surface area contributed by atoms with Crippen molar-refractivity contribution < 1.29 is 24.4 Å². The molecule has 0 saturated heterocycles. The number of non-ortho nitro benzene ring substituents is 1. The first-order valence-corrected chi connectivity index (χ1v) is 7.54. The molecule has 0 aliphatic carbocycles. The number of hydrogen-bond donors (Lipinski definition) is 2. The fourth-order valence-corrected chi connectivity index (χ4v) is 2.15. The molecule has 0 spiro atoms. The zero-order chi connectivity index (χ0) is 18.3. The average molecular weight is 338 g/mol. The Morgan fingerprint density at radius 2 is 1.88 bits per heavy atom. The highest BCUT2D eigenvalue weighted by atomic mass is 16.6. The van der Waals surface area contributed by atoms with Crippen LogP contribution in [0.15, 0.2) is 24.3 Å². The van der Waals surface area contributed by atoms with E-state index in [1.165, 1.54) is 31.4 Å². The Hall–Kier alpha value is -2.48. The molecule has 8 nitrogen and oxygen atoms in total. The normalized spacial score (nSPS) is 13.2. The third kappa shape index (κ3) is 5.96. The lowest BCUT2D eigenvalue weighted by atomic mass is 10.0. The van der Waals surface area contributed by atoms with E-state index in [0.29, 0.717) is 5.56 Å². The number of nitrogens with one attached hydrogen (secondary N) is 1. The van der Waals surface area contributed by atoms with Crippen molar-refractivity contribution in [2.45, 2.75) is 38.8 Å². The van der Waals surface area contributed by atoms with Crippen LogP contribution < -0.4 is 5.32 Å². The number of benzene rings is 1. The molecule has 1 amide bonds. The Morgan fingerprint density at radius 1 is 1.29 bits per heavy atom. The minimum atomic E-state index is -1.21. The van der Waals surface area contributed by atoms with Gasteiger partial charge in [0, 0.05) is 18.6 Å². The summed E-state index contributed by atoms with van der Waals surface area (Å²) in [4.78, 5) is 34.0. The maximum atomic E-state index is 12.0. The van der Waals surface area contributed by atoms with E-state index in [1.807, 2.05) is 13.8 Å². The highest BCUT2D eigenvalue weighted by Gasteiger charge is 2.26. The van der Waals surface area contributed by atoms with Gasteiger partial charge in [-0.3, -0.25) is 14.9 Å². The number of carbonyl (C=O) groups is 2. The first kappa shape index (κ1) is 19.6. The van der Waals surface area contributed by atoms with Crippen LogP contribution in [0.5, 0.6) is 0 Å². The number of ether oxygens (including phenoxy) is 1. The van der Waals surface area contributed by atoms with E-state index < -0.39 is 28.9 Å². The van der Waals surface area contributed by atoms with Gasteiger partial charge in [-0.2, -0.15) is 0 Å². The summed E-state index contributed by atoms with van der Waals surface area (Å²) in [6.45, 7) is 3.73. The molecule has 0 bridgehead atoms. The number of nitro groups is 1. The zero-order valence-corrected chi connectivity index (χ0v) is 13.9. The van der Waals surface area contributed by atoms with Crippen LogP contribution >= 0.6 is 0 Å². The van der Waals surface area contributed by atoms with Crippen molar-refractivity contribution in [2.75, 3.05) is 7.11 Å². The number of rotatable bonds is 8. The van der Waals surface area contributed by atoms with E-state index in [2.05, 4.69) is 10.1 Å². The molecule has 2 N–H and O–H groups in total. The lowest BCUT2D eigenvalue weighted by Crippen LogP contribution is -2.47. The standard InChI is InChI=1S/C16H22N2O6/c1-10(2)8-14(19)15(20)17-13(16(21)24-3)9-11-4-6-12(7-5-11)18(22)23/h4-7,10,13-14,19H,8-9H2,1-3H3,(H,17,20)/t13-,14+/m0/s1. The van der Waals surface area contributed by atoms with E-state index in [0.717, 1.165) is 0 Å². The molecule has 1 aromatic carbocycles. The van der Waals surface area contributed by atoms with Crippen LogP contribution in [0.4, 0.5) is 5.69 Å². The van der Waals surface area contributed by atoms with E-state index >= 15 is 0 Å². The Bertz CT molecular complexity index is 585. The molecule has 8 heteroatoms. The summed E-state index contributed by atoms with van der Waals surface area (Å²) in [5, 5.41) is 22.9. The molecule has 0 aliphatic heterocycles. The summed E-state index contributed by atoms with van der Waals surface area (Å²) < 4.78 is 4.66. The molecular formula is C16H22N2O6. The predicted octanol–water partition coefficient (Wildman–Crippen LogP) is 1.20. The molecule has 132 valence electrons. The number of hydrogen-bond acceptors (Lipinski definition) is 6. The lowest BCUT2D eigenvalue weighted by Gasteiger charge is -2.19. The molecule has 0 aliphatic rings. The lowest BCUT2D eigenvalue weighted by molar-refractivity contribution is -0.384. The van der Waals surface area contributed by atoms with Gasteiger partial charge in [-0.15, -0.1) is 0 Å². The highest BCUT2D eigenvalue weighted by Crippen LogP contribution is 2.14.